The molecule has 7 nitrogen and oxygen atoms in total. The third-order valence-electron chi connectivity index (χ3n) is 2.32. The molecule has 0 radical (unpaired) electrons. The number of nitrogens with two attached hydrogens (primary N) is 1. The average Bonchev–Trinajstić information content (AvgIpc) is 2.78. The summed E-state index contributed by atoms with van der Waals surface area (Å²) in [4.78, 5) is 7.81. The summed E-state index contributed by atoms with van der Waals surface area (Å²) in [6.07, 6.45) is 4.71. The maximum atomic E-state index is 5.66. The van der Waals surface area contributed by atoms with Crippen molar-refractivity contribution in [3.8, 4) is 17.4 Å². The molecule has 96 valence electrons. The molecule has 2 aromatic rings. The molecule has 0 saturated carbocycles. The quantitative estimate of drug-likeness (QED) is 0.886. The van der Waals surface area contributed by atoms with Crippen molar-refractivity contribution in [3.63, 3.8) is 0 Å². The van der Waals surface area contributed by atoms with Gasteiger partial charge in [-0.25, -0.2) is 4.98 Å². The van der Waals surface area contributed by atoms with E-state index in [1.54, 1.807) is 17.1 Å². The lowest BCUT2D eigenvalue weighted by atomic mass is 10.4. The molecule has 0 unspecified atom stereocenters. The first-order valence-corrected chi connectivity index (χ1v) is 5.48. The summed E-state index contributed by atoms with van der Waals surface area (Å²) in [7, 11) is 1.49. The number of methoxy groups -OCH3 is 1. The van der Waals surface area contributed by atoms with Gasteiger partial charge in [0.2, 0.25) is 5.75 Å². The maximum Gasteiger partial charge on any atom is 0.268 e. The molecule has 0 fully saturated rings. The second kappa shape index (κ2) is 4.91. The third kappa shape index (κ3) is 2.34. The second-order valence-corrected chi connectivity index (χ2v) is 3.95. The minimum Gasteiger partial charge on any atom is -0.489 e. The van der Waals surface area contributed by atoms with E-state index in [1.807, 2.05) is 13.8 Å². The van der Waals surface area contributed by atoms with Crippen molar-refractivity contribution in [3.05, 3.63) is 18.7 Å². The third-order valence-corrected chi connectivity index (χ3v) is 2.32. The van der Waals surface area contributed by atoms with E-state index < -0.39 is 0 Å². The SMILES string of the molecule is COc1c(N)ncnc1Oc1cnn(C(C)C)c1. The average molecular weight is 249 g/mol. The largest absolute Gasteiger partial charge is 0.489 e. The predicted octanol–water partition coefficient (Wildman–Crippen LogP) is 1.64. The first-order chi connectivity index (χ1) is 8.61. The van der Waals surface area contributed by atoms with Gasteiger partial charge in [0.05, 0.1) is 19.5 Å². The molecule has 0 saturated heterocycles. The molecule has 0 atom stereocenters. The summed E-state index contributed by atoms with van der Waals surface area (Å²) in [5.41, 5.74) is 5.66. The molecule has 18 heavy (non-hydrogen) atoms. The van der Waals surface area contributed by atoms with E-state index >= 15 is 0 Å². The van der Waals surface area contributed by atoms with Crippen molar-refractivity contribution >= 4 is 5.82 Å². The van der Waals surface area contributed by atoms with Gasteiger partial charge in [0, 0.05) is 6.04 Å². The van der Waals surface area contributed by atoms with Crippen molar-refractivity contribution < 1.29 is 9.47 Å². The minimum absolute atomic E-state index is 0.235. The van der Waals surface area contributed by atoms with Crippen molar-refractivity contribution in [1.82, 2.24) is 19.7 Å². The second-order valence-electron chi connectivity index (χ2n) is 3.95. The van der Waals surface area contributed by atoms with Gasteiger partial charge >= 0.3 is 0 Å². The molecule has 0 bridgehead atoms. The number of rotatable bonds is 4. The fourth-order valence-corrected chi connectivity index (χ4v) is 1.40. The monoisotopic (exact) mass is 249 g/mol. The van der Waals surface area contributed by atoms with E-state index in [4.69, 9.17) is 15.2 Å². The van der Waals surface area contributed by atoms with Crippen LogP contribution in [0.1, 0.15) is 19.9 Å². The van der Waals surface area contributed by atoms with Crippen LogP contribution in [-0.4, -0.2) is 26.9 Å². The van der Waals surface area contributed by atoms with Gasteiger partial charge in [0.1, 0.15) is 6.33 Å². The molecule has 0 aliphatic rings. The van der Waals surface area contributed by atoms with E-state index in [2.05, 4.69) is 15.1 Å². The molecule has 0 aliphatic heterocycles. The van der Waals surface area contributed by atoms with Crippen LogP contribution in [0.5, 0.6) is 17.4 Å². The van der Waals surface area contributed by atoms with Gasteiger partial charge < -0.3 is 15.2 Å². The van der Waals surface area contributed by atoms with Crippen LogP contribution in [0, 0.1) is 0 Å². The smallest absolute Gasteiger partial charge is 0.268 e. The van der Waals surface area contributed by atoms with Crippen LogP contribution >= 0.6 is 0 Å². The molecule has 2 heterocycles. The first kappa shape index (κ1) is 12.2. The van der Waals surface area contributed by atoms with Crippen molar-refractivity contribution in [2.75, 3.05) is 12.8 Å². The van der Waals surface area contributed by atoms with Crippen LogP contribution in [0.15, 0.2) is 18.7 Å². The summed E-state index contributed by atoms with van der Waals surface area (Å²) in [5.74, 6) is 1.39. The van der Waals surface area contributed by atoms with Crippen LogP contribution < -0.4 is 15.2 Å². The molecule has 2 N–H and O–H groups in total. The van der Waals surface area contributed by atoms with Crippen molar-refractivity contribution in [2.24, 2.45) is 0 Å². The number of hydrogen-bond donors (Lipinski definition) is 1. The molecule has 7 heteroatoms. The van der Waals surface area contributed by atoms with E-state index in [0.29, 0.717) is 11.5 Å². The molecule has 0 aliphatic carbocycles. The molecule has 2 aromatic heterocycles. The Bertz CT molecular complexity index is 538. The summed E-state index contributed by atoms with van der Waals surface area (Å²) in [6, 6.07) is 0.264. The zero-order valence-electron chi connectivity index (χ0n) is 10.5. The Morgan fingerprint density at radius 3 is 2.72 bits per heavy atom. The fraction of sp³-hybridized carbons (Fsp3) is 0.364. The summed E-state index contributed by atoms with van der Waals surface area (Å²) >= 11 is 0. The van der Waals surface area contributed by atoms with Gasteiger partial charge in [-0.05, 0) is 13.8 Å². The van der Waals surface area contributed by atoms with Gasteiger partial charge in [-0.3, -0.25) is 4.68 Å². The molecular weight excluding hydrogens is 234 g/mol. The topological polar surface area (TPSA) is 88.1 Å². The van der Waals surface area contributed by atoms with E-state index in [0.717, 1.165) is 0 Å². The number of nitrogens with zero attached hydrogens (tertiary/aromatic N) is 4. The predicted molar refractivity (Wildman–Crippen MR) is 65.7 cm³/mol. The highest BCUT2D eigenvalue weighted by molar-refractivity contribution is 5.52. The molecule has 0 spiro atoms. The Hall–Kier alpha value is -2.31. The number of hydrogen-bond acceptors (Lipinski definition) is 6. The maximum absolute atomic E-state index is 5.66. The molecular formula is C11H15N5O2. The standard InChI is InChI=1S/C11H15N5O2/c1-7(2)16-5-8(4-15-16)18-11-9(17-3)10(12)13-6-14-11/h4-7H,1-3H3,(H2,12,13,14). The molecule has 0 aromatic carbocycles. The van der Waals surface area contributed by atoms with E-state index in [-0.39, 0.29) is 17.7 Å². The van der Waals surface area contributed by atoms with Crippen molar-refractivity contribution in [2.45, 2.75) is 19.9 Å². The van der Waals surface area contributed by atoms with Crippen LogP contribution in [0.4, 0.5) is 5.82 Å². The summed E-state index contributed by atoms with van der Waals surface area (Å²) in [5, 5.41) is 4.17. The van der Waals surface area contributed by atoms with Crippen LogP contribution in [-0.2, 0) is 0 Å². The Balaban J connectivity index is 2.25. The van der Waals surface area contributed by atoms with Gasteiger partial charge in [0.15, 0.2) is 11.6 Å². The number of ether oxygens (including phenoxy) is 2. The van der Waals surface area contributed by atoms with Crippen LogP contribution in [0.2, 0.25) is 0 Å². The van der Waals surface area contributed by atoms with E-state index in [9.17, 15) is 0 Å². The van der Waals surface area contributed by atoms with Crippen molar-refractivity contribution in [1.29, 1.82) is 0 Å². The Kier molecular flexibility index (Phi) is 3.31. The molecule has 2 rings (SSSR count). The zero-order valence-corrected chi connectivity index (χ0v) is 10.5. The lowest BCUT2D eigenvalue weighted by molar-refractivity contribution is 0.369. The van der Waals surface area contributed by atoms with Crippen LogP contribution in [0.3, 0.4) is 0 Å². The summed E-state index contributed by atoms with van der Waals surface area (Å²) < 4.78 is 12.5. The Morgan fingerprint density at radius 1 is 1.33 bits per heavy atom. The number of anilines is 1. The molecule has 0 amide bonds. The zero-order chi connectivity index (χ0) is 13.1. The fourth-order valence-electron chi connectivity index (χ4n) is 1.40. The minimum atomic E-state index is 0.235. The Morgan fingerprint density at radius 2 is 2.11 bits per heavy atom. The summed E-state index contributed by atoms with van der Waals surface area (Å²) in [6.45, 7) is 4.06. The Labute approximate surface area is 105 Å². The highest BCUT2D eigenvalue weighted by Gasteiger charge is 2.13. The van der Waals surface area contributed by atoms with E-state index in [1.165, 1.54) is 13.4 Å². The lowest BCUT2D eigenvalue weighted by Crippen LogP contribution is -2.00. The van der Waals surface area contributed by atoms with Gasteiger partial charge in [-0.2, -0.15) is 10.1 Å². The van der Waals surface area contributed by atoms with Gasteiger partial charge in [-0.15, -0.1) is 0 Å². The highest BCUT2D eigenvalue weighted by Crippen LogP contribution is 2.32. The van der Waals surface area contributed by atoms with Gasteiger partial charge in [-0.1, -0.05) is 0 Å². The first-order valence-electron chi connectivity index (χ1n) is 5.48. The normalized spacial score (nSPS) is 10.7. The number of nitrogen functional groups attached to an aromatic ring is 1. The number of aromatic nitrogens is 4. The van der Waals surface area contributed by atoms with Gasteiger partial charge in [0.25, 0.3) is 5.88 Å². The lowest BCUT2D eigenvalue weighted by Gasteiger charge is -2.08. The highest BCUT2D eigenvalue weighted by atomic mass is 16.5. The van der Waals surface area contributed by atoms with Crippen LogP contribution in [0.25, 0.3) is 0 Å².